The number of anilines is 1. The monoisotopic (exact) mass is 389 g/mol. The van der Waals surface area contributed by atoms with Crippen LogP contribution in [0, 0.1) is 10.1 Å². The van der Waals surface area contributed by atoms with Gasteiger partial charge in [0.2, 0.25) is 10.0 Å². The van der Waals surface area contributed by atoms with E-state index in [1.807, 2.05) is 0 Å². The Morgan fingerprint density at radius 1 is 1.19 bits per heavy atom. The topological polar surface area (TPSA) is 118 Å². The zero-order chi connectivity index (χ0) is 19.6. The number of carbonyl (C=O) groups is 1. The second-order valence-corrected chi connectivity index (χ2v) is 8.15. The van der Waals surface area contributed by atoms with Gasteiger partial charge in [-0.1, -0.05) is 12.1 Å². The van der Waals surface area contributed by atoms with Crippen LogP contribution in [0.3, 0.4) is 0 Å². The molecule has 9 heteroatoms. The Morgan fingerprint density at radius 3 is 2.41 bits per heavy atom. The zero-order valence-corrected chi connectivity index (χ0v) is 15.5. The molecule has 142 valence electrons. The summed E-state index contributed by atoms with van der Waals surface area (Å²) < 4.78 is 26.9. The van der Waals surface area contributed by atoms with Crippen molar-refractivity contribution in [3.8, 4) is 0 Å². The van der Waals surface area contributed by atoms with Gasteiger partial charge in [-0.2, -0.15) is 0 Å². The van der Waals surface area contributed by atoms with Gasteiger partial charge < -0.3 is 5.32 Å². The van der Waals surface area contributed by atoms with Gasteiger partial charge >= 0.3 is 0 Å². The summed E-state index contributed by atoms with van der Waals surface area (Å²) in [6, 6.07) is 10.6. The minimum atomic E-state index is -3.50. The van der Waals surface area contributed by atoms with E-state index in [1.54, 1.807) is 12.1 Å². The molecular formula is C18H19N3O5S. The van der Waals surface area contributed by atoms with E-state index in [-0.39, 0.29) is 40.2 Å². The highest BCUT2D eigenvalue weighted by molar-refractivity contribution is 7.89. The van der Waals surface area contributed by atoms with Crippen LogP contribution in [0.1, 0.15) is 35.7 Å². The van der Waals surface area contributed by atoms with E-state index in [0.29, 0.717) is 0 Å². The third-order valence-corrected chi connectivity index (χ3v) is 5.75. The number of benzene rings is 2. The predicted octanol–water partition coefficient (Wildman–Crippen LogP) is 2.85. The summed E-state index contributed by atoms with van der Waals surface area (Å²) in [4.78, 5) is 22.3. The van der Waals surface area contributed by atoms with Crippen molar-refractivity contribution in [2.45, 2.75) is 37.2 Å². The molecule has 0 unspecified atom stereocenters. The van der Waals surface area contributed by atoms with Crippen LogP contribution in [-0.4, -0.2) is 25.2 Å². The van der Waals surface area contributed by atoms with Crippen molar-refractivity contribution in [2.75, 3.05) is 5.32 Å². The average molecular weight is 389 g/mol. The largest absolute Gasteiger partial charge is 0.375 e. The Bertz CT molecular complexity index is 983. The van der Waals surface area contributed by atoms with E-state index < -0.39 is 14.9 Å². The summed E-state index contributed by atoms with van der Waals surface area (Å²) in [6.45, 7) is 1.62. The minimum absolute atomic E-state index is 0.0369. The van der Waals surface area contributed by atoms with E-state index in [4.69, 9.17) is 0 Å². The van der Waals surface area contributed by atoms with Crippen molar-refractivity contribution in [1.29, 1.82) is 0 Å². The van der Waals surface area contributed by atoms with E-state index in [9.17, 15) is 23.3 Å². The molecule has 0 bridgehead atoms. The van der Waals surface area contributed by atoms with Crippen molar-refractivity contribution in [2.24, 2.45) is 0 Å². The van der Waals surface area contributed by atoms with Crippen LogP contribution in [0.2, 0.25) is 0 Å². The van der Waals surface area contributed by atoms with Crippen LogP contribution in [0.15, 0.2) is 47.4 Å². The van der Waals surface area contributed by atoms with Gasteiger partial charge in [0.1, 0.15) is 5.69 Å². The van der Waals surface area contributed by atoms with Gasteiger partial charge in [0.25, 0.3) is 5.69 Å². The molecule has 0 amide bonds. The first-order valence-electron chi connectivity index (χ1n) is 8.41. The van der Waals surface area contributed by atoms with Crippen LogP contribution >= 0.6 is 0 Å². The summed E-state index contributed by atoms with van der Waals surface area (Å²) in [5.74, 6) is -0.249. The minimum Gasteiger partial charge on any atom is -0.375 e. The summed E-state index contributed by atoms with van der Waals surface area (Å²) >= 11 is 0. The van der Waals surface area contributed by atoms with Crippen LogP contribution < -0.4 is 10.0 Å². The molecule has 2 aromatic rings. The molecule has 0 atom stereocenters. The lowest BCUT2D eigenvalue weighted by atomic mass is 10.1. The maximum atomic E-state index is 12.2. The lowest BCUT2D eigenvalue weighted by Gasteiger charge is -2.09. The Morgan fingerprint density at radius 2 is 1.85 bits per heavy atom. The highest BCUT2D eigenvalue weighted by Crippen LogP contribution is 2.27. The summed E-state index contributed by atoms with van der Waals surface area (Å²) in [7, 11) is -3.50. The predicted molar refractivity (Wildman–Crippen MR) is 100 cm³/mol. The SMILES string of the molecule is CC(=O)c1ccc(NCc2ccc(S(=O)(=O)NC3CC3)cc2)c([N+](=O)[O-])c1. The van der Waals surface area contributed by atoms with E-state index in [1.165, 1.54) is 37.3 Å². The Hall–Kier alpha value is -2.78. The molecule has 0 spiro atoms. The van der Waals surface area contributed by atoms with Gasteiger partial charge in [-0.05, 0) is 49.6 Å². The summed E-state index contributed by atoms with van der Waals surface area (Å²) in [5.41, 5.74) is 1.14. The molecule has 0 aliphatic heterocycles. The molecular weight excluding hydrogens is 370 g/mol. The van der Waals surface area contributed by atoms with Gasteiger partial charge in [0.05, 0.1) is 9.82 Å². The average Bonchev–Trinajstić information content (AvgIpc) is 3.43. The first-order chi connectivity index (χ1) is 12.8. The number of nitrogens with zero attached hydrogens (tertiary/aromatic N) is 1. The highest BCUT2D eigenvalue weighted by Gasteiger charge is 2.27. The van der Waals surface area contributed by atoms with Crippen molar-refractivity contribution >= 4 is 27.2 Å². The van der Waals surface area contributed by atoms with Crippen molar-refractivity contribution in [1.82, 2.24) is 4.72 Å². The fraction of sp³-hybridized carbons (Fsp3) is 0.278. The van der Waals surface area contributed by atoms with E-state index >= 15 is 0 Å². The van der Waals surface area contributed by atoms with Gasteiger partial charge in [-0.25, -0.2) is 13.1 Å². The number of hydrogen-bond acceptors (Lipinski definition) is 6. The Kier molecular flexibility index (Phi) is 5.24. The summed E-state index contributed by atoms with van der Waals surface area (Å²) in [6.07, 6.45) is 1.73. The molecule has 1 fully saturated rings. The number of ketones is 1. The van der Waals surface area contributed by atoms with Crippen molar-refractivity contribution in [3.05, 3.63) is 63.7 Å². The molecule has 1 saturated carbocycles. The molecule has 0 saturated heterocycles. The maximum Gasteiger partial charge on any atom is 0.293 e. The fourth-order valence-corrected chi connectivity index (χ4v) is 3.83. The zero-order valence-electron chi connectivity index (χ0n) is 14.6. The van der Waals surface area contributed by atoms with E-state index in [0.717, 1.165) is 18.4 Å². The Labute approximate surface area is 156 Å². The molecule has 0 heterocycles. The first-order valence-corrected chi connectivity index (χ1v) is 9.89. The number of rotatable bonds is 8. The molecule has 3 rings (SSSR count). The molecule has 0 radical (unpaired) electrons. The third kappa shape index (κ3) is 4.69. The quantitative estimate of drug-likeness (QED) is 0.407. The molecule has 0 aromatic heterocycles. The van der Waals surface area contributed by atoms with Crippen LogP contribution in [0.25, 0.3) is 0 Å². The number of carbonyl (C=O) groups excluding carboxylic acids is 1. The number of nitro groups is 1. The summed E-state index contributed by atoms with van der Waals surface area (Å²) in [5, 5.41) is 14.2. The first kappa shape index (κ1) is 19.0. The van der Waals surface area contributed by atoms with Gasteiger partial charge in [-0.3, -0.25) is 14.9 Å². The third-order valence-electron chi connectivity index (χ3n) is 4.22. The van der Waals surface area contributed by atoms with Crippen molar-refractivity contribution in [3.63, 3.8) is 0 Å². The highest BCUT2D eigenvalue weighted by atomic mass is 32.2. The smallest absolute Gasteiger partial charge is 0.293 e. The number of Topliss-reactive ketones (excluding diaryl/α,β-unsaturated/α-hetero) is 1. The standard InChI is InChI=1S/C18H19N3O5S/c1-12(22)14-4-9-17(18(10-14)21(23)24)19-11-13-2-7-16(8-3-13)27(25,26)20-15-5-6-15/h2-4,7-10,15,19-20H,5-6,11H2,1H3. The van der Waals surface area contributed by atoms with E-state index in [2.05, 4.69) is 10.0 Å². The van der Waals surface area contributed by atoms with Crippen LogP contribution in [0.4, 0.5) is 11.4 Å². The molecule has 2 aromatic carbocycles. The molecule has 2 N–H and O–H groups in total. The fourth-order valence-electron chi connectivity index (χ4n) is 2.52. The second kappa shape index (κ2) is 7.45. The molecule has 27 heavy (non-hydrogen) atoms. The molecule has 1 aliphatic rings. The van der Waals surface area contributed by atoms with Crippen molar-refractivity contribution < 1.29 is 18.1 Å². The second-order valence-electron chi connectivity index (χ2n) is 6.44. The number of nitrogens with one attached hydrogen (secondary N) is 2. The normalized spacial score (nSPS) is 14.0. The van der Waals surface area contributed by atoms with Crippen LogP contribution in [-0.2, 0) is 16.6 Å². The number of sulfonamides is 1. The maximum absolute atomic E-state index is 12.2. The molecule has 8 nitrogen and oxygen atoms in total. The van der Waals surface area contributed by atoms with Gasteiger partial charge in [0, 0.05) is 24.2 Å². The van der Waals surface area contributed by atoms with Gasteiger partial charge in [0.15, 0.2) is 5.78 Å². The number of nitro benzene ring substituents is 1. The lowest BCUT2D eigenvalue weighted by Crippen LogP contribution is -2.25. The van der Waals surface area contributed by atoms with Gasteiger partial charge in [-0.15, -0.1) is 0 Å². The number of hydrogen-bond donors (Lipinski definition) is 2. The Balaban J connectivity index is 1.71. The lowest BCUT2D eigenvalue weighted by molar-refractivity contribution is -0.384. The van der Waals surface area contributed by atoms with Crippen LogP contribution in [0.5, 0.6) is 0 Å². The molecule has 1 aliphatic carbocycles.